The average molecular weight is 416 g/mol. The molecule has 2 aromatic carbocycles. The highest BCUT2D eigenvalue weighted by Gasteiger charge is 2.14. The summed E-state index contributed by atoms with van der Waals surface area (Å²) in [4.78, 5) is 0. The summed E-state index contributed by atoms with van der Waals surface area (Å²) < 4.78 is 7.12. The molecule has 2 nitrogen and oxygen atoms in total. The second kappa shape index (κ2) is 6.99. The van der Waals surface area contributed by atoms with Gasteiger partial charge in [-0.2, -0.15) is 0 Å². The smallest absolute Gasteiger partial charge is 0.150 e. The molecule has 0 bridgehead atoms. The lowest BCUT2D eigenvalue weighted by molar-refractivity contribution is 0.414. The summed E-state index contributed by atoms with van der Waals surface area (Å²) in [6, 6.07) is 13.8. The third-order valence-corrected chi connectivity index (χ3v) is 4.10. The molecular formula is C17H19ClINO. The second-order valence-corrected chi connectivity index (χ2v) is 7.43. The van der Waals surface area contributed by atoms with Crippen molar-refractivity contribution in [3.05, 3.63) is 56.6 Å². The Kier molecular flexibility index (Phi) is 5.52. The van der Waals surface area contributed by atoms with Crippen LogP contribution < -0.4 is 10.1 Å². The van der Waals surface area contributed by atoms with Crippen molar-refractivity contribution < 1.29 is 4.74 Å². The van der Waals surface area contributed by atoms with Crippen LogP contribution in [0.2, 0.25) is 5.02 Å². The fourth-order valence-corrected chi connectivity index (χ4v) is 2.54. The summed E-state index contributed by atoms with van der Waals surface area (Å²) >= 11 is 8.59. The predicted molar refractivity (Wildman–Crippen MR) is 97.3 cm³/mol. The van der Waals surface area contributed by atoms with Gasteiger partial charge in [-0.25, -0.2) is 0 Å². The molecule has 0 atom stereocenters. The highest BCUT2D eigenvalue weighted by molar-refractivity contribution is 14.1. The van der Waals surface area contributed by atoms with Crippen LogP contribution in [-0.4, -0.2) is 5.54 Å². The summed E-state index contributed by atoms with van der Waals surface area (Å²) in [5.74, 6) is 1.54. The third kappa shape index (κ3) is 4.87. The summed E-state index contributed by atoms with van der Waals surface area (Å²) in [5.41, 5.74) is 1.10. The molecule has 2 aromatic rings. The second-order valence-electron chi connectivity index (χ2n) is 5.86. The summed E-state index contributed by atoms with van der Waals surface area (Å²) in [7, 11) is 0. The van der Waals surface area contributed by atoms with Gasteiger partial charge >= 0.3 is 0 Å². The van der Waals surface area contributed by atoms with Crippen LogP contribution in [0.5, 0.6) is 11.5 Å². The van der Waals surface area contributed by atoms with Gasteiger partial charge in [-0.1, -0.05) is 35.9 Å². The van der Waals surface area contributed by atoms with Crippen molar-refractivity contribution in [2.45, 2.75) is 32.9 Å². The molecule has 0 amide bonds. The van der Waals surface area contributed by atoms with Crippen LogP contribution in [0.1, 0.15) is 26.3 Å². The molecule has 0 spiro atoms. The number of hydrogen-bond acceptors (Lipinski definition) is 2. The van der Waals surface area contributed by atoms with E-state index in [1.54, 1.807) is 0 Å². The molecular weight excluding hydrogens is 397 g/mol. The van der Waals surface area contributed by atoms with E-state index < -0.39 is 0 Å². The van der Waals surface area contributed by atoms with Crippen LogP contribution in [0.4, 0.5) is 0 Å². The zero-order valence-corrected chi connectivity index (χ0v) is 15.3. The molecule has 0 heterocycles. The van der Waals surface area contributed by atoms with Gasteiger partial charge in [0.25, 0.3) is 0 Å². The Labute approximate surface area is 145 Å². The number of ether oxygens (including phenoxy) is 1. The minimum Gasteiger partial charge on any atom is -0.454 e. The first-order valence-corrected chi connectivity index (χ1v) is 8.27. The van der Waals surface area contributed by atoms with Crippen LogP contribution in [0.3, 0.4) is 0 Å². The zero-order chi connectivity index (χ0) is 15.5. The number of halogens is 2. The van der Waals surface area contributed by atoms with Gasteiger partial charge in [-0.3, -0.25) is 0 Å². The van der Waals surface area contributed by atoms with E-state index in [-0.39, 0.29) is 5.54 Å². The van der Waals surface area contributed by atoms with Crippen LogP contribution in [-0.2, 0) is 6.54 Å². The number of para-hydroxylation sites is 2. The fourth-order valence-electron chi connectivity index (χ4n) is 1.80. The Balaban J connectivity index is 2.28. The van der Waals surface area contributed by atoms with Gasteiger partial charge in [-0.15, -0.1) is 0 Å². The summed E-state index contributed by atoms with van der Waals surface area (Å²) in [5, 5.41) is 4.09. The Bertz CT molecular complexity index is 622. The molecule has 0 unspecified atom stereocenters. The lowest BCUT2D eigenvalue weighted by Gasteiger charge is -2.22. The predicted octanol–water partition coefficient (Wildman–Crippen LogP) is 5.63. The number of benzene rings is 2. The Morgan fingerprint density at radius 3 is 2.48 bits per heavy atom. The molecule has 0 aliphatic heterocycles. The van der Waals surface area contributed by atoms with Crippen LogP contribution >= 0.6 is 34.2 Å². The van der Waals surface area contributed by atoms with Gasteiger partial charge in [0.05, 0.1) is 8.59 Å². The molecule has 0 saturated heterocycles. The number of rotatable bonds is 4. The first kappa shape index (κ1) is 16.6. The van der Waals surface area contributed by atoms with Gasteiger partial charge in [0.1, 0.15) is 5.75 Å². The van der Waals surface area contributed by atoms with Gasteiger partial charge in [-0.05, 0) is 61.6 Å². The van der Waals surface area contributed by atoms with E-state index in [4.69, 9.17) is 16.3 Å². The van der Waals surface area contributed by atoms with Crippen molar-refractivity contribution >= 4 is 34.2 Å². The maximum Gasteiger partial charge on any atom is 0.150 e. The monoisotopic (exact) mass is 415 g/mol. The largest absolute Gasteiger partial charge is 0.454 e. The van der Waals surface area contributed by atoms with Crippen molar-refractivity contribution in [3.8, 4) is 11.5 Å². The lowest BCUT2D eigenvalue weighted by atomic mass is 10.1. The first-order chi connectivity index (χ1) is 9.87. The van der Waals surface area contributed by atoms with E-state index in [0.717, 1.165) is 20.6 Å². The van der Waals surface area contributed by atoms with E-state index >= 15 is 0 Å². The van der Waals surface area contributed by atoms with Crippen LogP contribution in [0.25, 0.3) is 0 Å². The molecule has 0 radical (unpaired) electrons. The first-order valence-electron chi connectivity index (χ1n) is 6.81. The molecule has 0 aliphatic rings. The van der Waals surface area contributed by atoms with Crippen molar-refractivity contribution in [2.75, 3.05) is 0 Å². The average Bonchev–Trinajstić information content (AvgIpc) is 2.41. The molecule has 0 aromatic heterocycles. The normalized spacial score (nSPS) is 11.5. The highest BCUT2D eigenvalue weighted by atomic mass is 127. The van der Waals surface area contributed by atoms with E-state index in [0.29, 0.717) is 11.6 Å². The fraction of sp³-hybridized carbons (Fsp3) is 0.294. The molecule has 4 heteroatoms. The van der Waals surface area contributed by atoms with Crippen LogP contribution in [0, 0.1) is 3.57 Å². The maximum atomic E-state index is 6.33. The Morgan fingerprint density at radius 2 is 1.81 bits per heavy atom. The molecule has 0 fully saturated rings. The van der Waals surface area contributed by atoms with E-state index in [1.807, 2.05) is 42.5 Å². The van der Waals surface area contributed by atoms with Crippen LogP contribution in [0.15, 0.2) is 42.5 Å². The Morgan fingerprint density at radius 1 is 1.10 bits per heavy atom. The standard InChI is InChI=1S/C17H19ClINO/c1-17(2,3)20-11-12-7-6-8-13(18)16(12)21-15-10-5-4-9-14(15)19/h4-10,20H,11H2,1-3H3. The van der Waals surface area contributed by atoms with Crippen molar-refractivity contribution in [1.82, 2.24) is 5.32 Å². The summed E-state index contributed by atoms with van der Waals surface area (Å²) in [6.45, 7) is 7.12. The van der Waals surface area contributed by atoms with Crippen molar-refractivity contribution in [2.24, 2.45) is 0 Å². The molecule has 0 saturated carbocycles. The molecule has 112 valence electrons. The minimum atomic E-state index is 0.0424. The number of nitrogens with one attached hydrogen (secondary N) is 1. The zero-order valence-electron chi connectivity index (χ0n) is 12.4. The SMILES string of the molecule is CC(C)(C)NCc1cccc(Cl)c1Oc1ccccc1I. The molecule has 21 heavy (non-hydrogen) atoms. The molecule has 0 aliphatic carbocycles. The summed E-state index contributed by atoms with van der Waals surface area (Å²) in [6.07, 6.45) is 0. The van der Waals surface area contributed by atoms with Gasteiger partial charge in [0.15, 0.2) is 5.75 Å². The van der Waals surface area contributed by atoms with Gasteiger partial charge in [0.2, 0.25) is 0 Å². The maximum absolute atomic E-state index is 6.33. The van der Waals surface area contributed by atoms with Crippen molar-refractivity contribution in [1.29, 1.82) is 0 Å². The van der Waals surface area contributed by atoms with E-state index in [9.17, 15) is 0 Å². The third-order valence-electron chi connectivity index (χ3n) is 2.91. The number of hydrogen-bond donors (Lipinski definition) is 1. The van der Waals surface area contributed by atoms with Gasteiger partial charge in [0, 0.05) is 17.6 Å². The van der Waals surface area contributed by atoms with Crippen molar-refractivity contribution in [3.63, 3.8) is 0 Å². The molecule has 2 rings (SSSR count). The van der Waals surface area contributed by atoms with E-state index in [2.05, 4.69) is 48.7 Å². The Hall–Kier alpha value is -0.780. The van der Waals surface area contributed by atoms with E-state index in [1.165, 1.54) is 0 Å². The lowest BCUT2D eigenvalue weighted by Crippen LogP contribution is -2.35. The minimum absolute atomic E-state index is 0.0424. The molecule has 1 N–H and O–H groups in total. The van der Waals surface area contributed by atoms with Gasteiger partial charge < -0.3 is 10.1 Å². The topological polar surface area (TPSA) is 21.3 Å². The quantitative estimate of drug-likeness (QED) is 0.654. The highest BCUT2D eigenvalue weighted by Crippen LogP contribution is 2.35.